The lowest BCUT2D eigenvalue weighted by molar-refractivity contribution is -0.127. The van der Waals surface area contributed by atoms with E-state index in [1.165, 1.54) is 6.42 Å². The molecule has 2 rings (SSSR count). The predicted octanol–water partition coefficient (Wildman–Crippen LogP) is 2.63. The molecule has 1 heterocycles. The van der Waals surface area contributed by atoms with Gasteiger partial charge in [0.2, 0.25) is 5.91 Å². The highest BCUT2D eigenvalue weighted by Gasteiger charge is 2.25. The largest absolute Gasteiger partial charge is 0.444 e. The summed E-state index contributed by atoms with van der Waals surface area (Å²) >= 11 is 0. The average molecular weight is 568 g/mol. The van der Waals surface area contributed by atoms with Gasteiger partial charge >= 0.3 is 6.09 Å². The number of hydrogen-bond donors (Lipinski definition) is 3. The monoisotopic (exact) mass is 567 g/mol. The van der Waals surface area contributed by atoms with Crippen LogP contribution in [-0.4, -0.2) is 80.4 Å². The molecule has 0 aromatic heterocycles. The van der Waals surface area contributed by atoms with Gasteiger partial charge in [-0.3, -0.25) is 4.79 Å². The van der Waals surface area contributed by atoms with E-state index in [2.05, 4.69) is 20.9 Å². The van der Waals surface area contributed by atoms with E-state index in [-0.39, 0.29) is 60.7 Å². The lowest BCUT2D eigenvalue weighted by Gasteiger charge is -2.32. The molecular formula is C22H42IN5O4. The van der Waals surface area contributed by atoms with E-state index in [1.54, 1.807) is 19.0 Å². The fourth-order valence-electron chi connectivity index (χ4n) is 3.67. The number of aliphatic imine (C=N–C) groups is 1. The fraction of sp³-hybridized carbons (Fsp3) is 0.864. The predicted molar refractivity (Wildman–Crippen MR) is 137 cm³/mol. The van der Waals surface area contributed by atoms with Crippen molar-refractivity contribution in [2.24, 2.45) is 4.99 Å². The molecule has 2 amide bonds. The Balaban J connectivity index is 0.00000512. The first kappa shape index (κ1) is 28.7. The Morgan fingerprint density at radius 1 is 1.03 bits per heavy atom. The van der Waals surface area contributed by atoms with E-state index < -0.39 is 5.60 Å². The molecule has 1 aliphatic heterocycles. The van der Waals surface area contributed by atoms with Crippen LogP contribution in [0.1, 0.15) is 65.7 Å². The van der Waals surface area contributed by atoms with Gasteiger partial charge in [-0.2, -0.15) is 0 Å². The van der Waals surface area contributed by atoms with Crippen molar-refractivity contribution < 1.29 is 19.1 Å². The first-order valence-electron chi connectivity index (χ1n) is 11.5. The van der Waals surface area contributed by atoms with Crippen molar-refractivity contribution in [2.75, 3.05) is 33.8 Å². The Labute approximate surface area is 209 Å². The first-order chi connectivity index (χ1) is 14.6. The standard InChI is InChI=1S/C22H41N5O4.HI/c1-22(2,3)31-21(29)26-17-11-9-16(10-12-17)25-20(24-15-19(28)27(4)5)23-14-18-8-6-7-13-30-18;/h16-18H,6-15H2,1-5H3,(H,26,29)(H2,23,24,25);1H. The Hall–Kier alpha value is -1.30. The molecule has 0 aromatic carbocycles. The lowest BCUT2D eigenvalue weighted by Crippen LogP contribution is -2.49. The first-order valence-corrected chi connectivity index (χ1v) is 11.5. The van der Waals surface area contributed by atoms with Crippen LogP contribution in [0.15, 0.2) is 4.99 Å². The normalized spacial score (nSPS) is 24.0. The Kier molecular flexibility index (Phi) is 12.6. The summed E-state index contributed by atoms with van der Waals surface area (Å²) in [4.78, 5) is 30.0. The van der Waals surface area contributed by atoms with Gasteiger partial charge in [0.05, 0.1) is 6.10 Å². The minimum absolute atomic E-state index is 0. The Bertz CT molecular complexity index is 610. The molecule has 0 bridgehead atoms. The van der Waals surface area contributed by atoms with E-state index in [9.17, 15) is 9.59 Å². The van der Waals surface area contributed by atoms with Crippen LogP contribution in [0.25, 0.3) is 0 Å². The van der Waals surface area contributed by atoms with Gasteiger partial charge in [-0.05, 0) is 65.7 Å². The van der Waals surface area contributed by atoms with Gasteiger partial charge < -0.3 is 30.3 Å². The van der Waals surface area contributed by atoms with E-state index >= 15 is 0 Å². The number of alkyl carbamates (subject to hydrolysis) is 1. The second-order valence-electron chi connectivity index (χ2n) is 9.66. The van der Waals surface area contributed by atoms with Crippen molar-refractivity contribution in [1.82, 2.24) is 20.9 Å². The molecule has 1 aliphatic carbocycles. The number of ether oxygens (including phenoxy) is 2. The van der Waals surface area contributed by atoms with Gasteiger partial charge in [0.1, 0.15) is 12.1 Å². The molecule has 2 fully saturated rings. The van der Waals surface area contributed by atoms with Crippen LogP contribution in [-0.2, 0) is 14.3 Å². The van der Waals surface area contributed by atoms with Crippen LogP contribution in [0.2, 0.25) is 0 Å². The lowest BCUT2D eigenvalue weighted by atomic mass is 9.91. The SMILES string of the molecule is CN(C)C(=O)CN=C(NCC1CCCCO1)NC1CCC(NC(=O)OC(C)(C)C)CC1.I. The van der Waals surface area contributed by atoms with Crippen molar-refractivity contribution >= 4 is 41.9 Å². The van der Waals surface area contributed by atoms with Crippen LogP contribution in [0.4, 0.5) is 4.79 Å². The molecule has 2 aliphatic rings. The molecule has 0 aromatic rings. The van der Waals surface area contributed by atoms with Crippen molar-refractivity contribution in [3.63, 3.8) is 0 Å². The molecule has 32 heavy (non-hydrogen) atoms. The molecule has 3 N–H and O–H groups in total. The van der Waals surface area contributed by atoms with E-state index in [0.29, 0.717) is 12.5 Å². The highest BCUT2D eigenvalue weighted by atomic mass is 127. The second kappa shape index (κ2) is 14.1. The third kappa shape index (κ3) is 11.5. The third-order valence-electron chi connectivity index (χ3n) is 5.43. The molecule has 0 radical (unpaired) electrons. The highest BCUT2D eigenvalue weighted by molar-refractivity contribution is 14.0. The van der Waals surface area contributed by atoms with Crippen molar-refractivity contribution in [2.45, 2.75) is 89.5 Å². The number of nitrogens with zero attached hydrogens (tertiary/aromatic N) is 2. The summed E-state index contributed by atoms with van der Waals surface area (Å²) in [6, 6.07) is 0.358. The van der Waals surface area contributed by atoms with Crippen LogP contribution < -0.4 is 16.0 Å². The number of carbonyl (C=O) groups excluding carboxylic acids is 2. The zero-order chi connectivity index (χ0) is 22.9. The van der Waals surface area contributed by atoms with Crippen molar-refractivity contribution in [3.05, 3.63) is 0 Å². The summed E-state index contributed by atoms with van der Waals surface area (Å²) in [6.45, 7) is 7.17. The van der Waals surface area contributed by atoms with Gasteiger partial charge in [0.25, 0.3) is 0 Å². The molecule has 1 saturated heterocycles. The average Bonchev–Trinajstić information content (AvgIpc) is 2.70. The van der Waals surface area contributed by atoms with Gasteiger partial charge in [0, 0.05) is 39.3 Å². The zero-order valence-electron chi connectivity index (χ0n) is 20.2. The third-order valence-corrected chi connectivity index (χ3v) is 5.43. The van der Waals surface area contributed by atoms with Gasteiger partial charge in [-0.25, -0.2) is 9.79 Å². The maximum absolute atomic E-state index is 12.0. The number of amides is 2. The summed E-state index contributed by atoms with van der Waals surface area (Å²) in [6.07, 6.45) is 6.71. The summed E-state index contributed by atoms with van der Waals surface area (Å²) in [5, 5.41) is 9.79. The number of nitrogens with one attached hydrogen (secondary N) is 3. The molecule has 1 atom stereocenters. The summed E-state index contributed by atoms with van der Waals surface area (Å²) in [7, 11) is 3.46. The minimum Gasteiger partial charge on any atom is -0.444 e. The summed E-state index contributed by atoms with van der Waals surface area (Å²) in [5.41, 5.74) is -0.494. The smallest absolute Gasteiger partial charge is 0.407 e. The van der Waals surface area contributed by atoms with E-state index in [0.717, 1.165) is 45.1 Å². The molecule has 10 heteroatoms. The number of carbonyl (C=O) groups is 2. The number of hydrogen-bond acceptors (Lipinski definition) is 5. The Morgan fingerprint density at radius 3 is 2.19 bits per heavy atom. The van der Waals surface area contributed by atoms with Crippen LogP contribution >= 0.6 is 24.0 Å². The summed E-state index contributed by atoms with van der Waals surface area (Å²) < 4.78 is 11.1. The van der Waals surface area contributed by atoms with Gasteiger partial charge in [-0.15, -0.1) is 24.0 Å². The maximum atomic E-state index is 12.0. The maximum Gasteiger partial charge on any atom is 0.407 e. The number of guanidine groups is 1. The molecule has 9 nitrogen and oxygen atoms in total. The zero-order valence-corrected chi connectivity index (χ0v) is 22.6. The molecule has 1 saturated carbocycles. The molecule has 186 valence electrons. The number of rotatable bonds is 6. The summed E-state index contributed by atoms with van der Waals surface area (Å²) in [5.74, 6) is 0.605. The molecular weight excluding hydrogens is 525 g/mol. The van der Waals surface area contributed by atoms with E-state index in [4.69, 9.17) is 9.47 Å². The number of likely N-dealkylation sites (N-methyl/N-ethyl adjacent to an activating group) is 1. The second-order valence-corrected chi connectivity index (χ2v) is 9.66. The highest BCUT2D eigenvalue weighted by Crippen LogP contribution is 2.19. The molecule has 1 unspecified atom stereocenters. The van der Waals surface area contributed by atoms with Crippen LogP contribution in [0, 0.1) is 0 Å². The van der Waals surface area contributed by atoms with E-state index in [1.807, 2.05) is 20.8 Å². The Morgan fingerprint density at radius 2 is 1.66 bits per heavy atom. The van der Waals surface area contributed by atoms with Crippen molar-refractivity contribution in [1.29, 1.82) is 0 Å². The number of halogens is 1. The van der Waals surface area contributed by atoms with Crippen LogP contribution in [0.3, 0.4) is 0 Å². The topological polar surface area (TPSA) is 104 Å². The van der Waals surface area contributed by atoms with Crippen molar-refractivity contribution in [3.8, 4) is 0 Å². The fourth-order valence-corrected chi connectivity index (χ4v) is 3.67. The van der Waals surface area contributed by atoms with Gasteiger partial charge in [0.15, 0.2) is 5.96 Å². The minimum atomic E-state index is -0.494. The molecule has 0 spiro atoms. The quantitative estimate of drug-likeness (QED) is 0.259. The van der Waals surface area contributed by atoms with Crippen LogP contribution in [0.5, 0.6) is 0 Å². The van der Waals surface area contributed by atoms with Gasteiger partial charge in [-0.1, -0.05) is 0 Å².